The number of carboxylic acids is 1. The monoisotopic (exact) mass is 313 g/mol. The molecule has 116 valence electrons. The van der Waals surface area contributed by atoms with Gasteiger partial charge in [-0.3, -0.25) is 5.10 Å². The van der Waals surface area contributed by atoms with Crippen LogP contribution >= 0.6 is 0 Å². The molecule has 0 saturated heterocycles. The maximum atomic E-state index is 12.2. The fourth-order valence-electron chi connectivity index (χ4n) is 2.44. The molecule has 1 aromatic heterocycles. The van der Waals surface area contributed by atoms with Crippen molar-refractivity contribution in [2.45, 2.75) is 43.9 Å². The molecule has 8 heteroatoms. The molecule has 1 aliphatic rings. The number of carboxylic acid groups (broad SMARTS) is 1. The number of aryl methyl sites for hydroxylation is 1. The fraction of sp³-hybridized carbons (Fsp3) is 0.538. The van der Waals surface area contributed by atoms with Gasteiger partial charge in [0, 0.05) is 6.54 Å². The zero-order chi connectivity index (χ0) is 15.5. The summed E-state index contributed by atoms with van der Waals surface area (Å²) in [6, 6.07) is 0. The Morgan fingerprint density at radius 3 is 2.86 bits per heavy atom. The number of nitrogens with zero attached hydrogens (tertiary/aromatic N) is 1. The average Bonchev–Trinajstić information content (AvgIpc) is 2.83. The molecule has 2 rings (SSSR count). The molecule has 1 aliphatic carbocycles. The zero-order valence-electron chi connectivity index (χ0n) is 11.8. The number of carbonyl (C=O) groups is 1. The van der Waals surface area contributed by atoms with Gasteiger partial charge in [-0.25, -0.2) is 17.9 Å². The zero-order valence-corrected chi connectivity index (χ0v) is 12.7. The van der Waals surface area contributed by atoms with Gasteiger partial charge >= 0.3 is 5.97 Å². The van der Waals surface area contributed by atoms with Crippen LogP contribution < -0.4 is 4.72 Å². The first kappa shape index (κ1) is 15.7. The number of nitrogens with one attached hydrogen (secondary N) is 2. The molecule has 0 unspecified atom stereocenters. The second-order valence-corrected chi connectivity index (χ2v) is 6.79. The molecule has 0 radical (unpaired) electrons. The largest absolute Gasteiger partial charge is 0.476 e. The number of aromatic carboxylic acids is 1. The lowest BCUT2D eigenvalue weighted by molar-refractivity contribution is 0.0686. The first-order valence-corrected chi connectivity index (χ1v) is 8.36. The third-order valence-electron chi connectivity index (χ3n) is 3.49. The Hall–Kier alpha value is -1.67. The number of H-pyrrole nitrogens is 1. The molecule has 0 fully saturated rings. The molecule has 0 saturated carbocycles. The van der Waals surface area contributed by atoms with E-state index < -0.39 is 21.7 Å². The van der Waals surface area contributed by atoms with Crippen molar-refractivity contribution in [1.82, 2.24) is 14.9 Å². The molecule has 21 heavy (non-hydrogen) atoms. The minimum absolute atomic E-state index is 0.219. The third-order valence-corrected chi connectivity index (χ3v) is 5.11. The van der Waals surface area contributed by atoms with E-state index in [1.807, 2.05) is 0 Å². The van der Waals surface area contributed by atoms with Crippen molar-refractivity contribution in [3.05, 3.63) is 23.0 Å². The SMILES string of the molecule is Cc1[nH]nc(C(=O)O)c1S(=O)(=O)NCCC1=CCCCC1. The minimum atomic E-state index is -3.88. The van der Waals surface area contributed by atoms with Crippen LogP contribution in [0, 0.1) is 6.92 Å². The second kappa shape index (κ2) is 6.40. The summed E-state index contributed by atoms with van der Waals surface area (Å²) in [5.74, 6) is -1.37. The summed E-state index contributed by atoms with van der Waals surface area (Å²) in [4.78, 5) is 10.7. The van der Waals surface area contributed by atoms with Gasteiger partial charge in [0.1, 0.15) is 4.90 Å². The van der Waals surface area contributed by atoms with Crippen molar-refractivity contribution in [1.29, 1.82) is 0 Å². The van der Waals surface area contributed by atoms with Crippen molar-refractivity contribution in [3.8, 4) is 0 Å². The summed E-state index contributed by atoms with van der Waals surface area (Å²) in [5, 5.41) is 14.9. The lowest BCUT2D eigenvalue weighted by atomic mass is 9.97. The van der Waals surface area contributed by atoms with Gasteiger partial charge in [0.05, 0.1) is 5.69 Å². The number of allylic oxidation sites excluding steroid dienone is 1. The first-order chi connectivity index (χ1) is 9.92. The van der Waals surface area contributed by atoms with Gasteiger partial charge in [-0.2, -0.15) is 5.10 Å². The molecule has 3 N–H and O–H groups in total. The highest BCUT2D eigenvalue weighted by atomic mass is 32.2. The number of hydrogen-bond acceptors (Lipinski definition) is 4. The van der Waals surface area contributed by atoms with Crippen molar-refractivity contribution >= 4 is 16.0 Å². The van der Waals surface area contributed by atoms with Gasteiger partial charge in [0.2, 0.25) is 10.0 Å². The van der Waals surface area contributed by atoms with Crippen molar-refractivity contribution in [2.75, 3.05) is 6.54 Å². The summed E-state index contributed by atoms with van der Waals surface area (Å²) >= 11 is 0. The Balaban J connectivity index is 2.07. The Kier molecular flexibility index (Phi) is 4.79. The highest BCUT2D eigenvalue weighted by Gasteiger charge is 2.27. The highest BCUT2D eigenvalue weighted by Crippen LogP contribution is 2.21. The first-order valence-electron chi connectivity index (χ1n) is 6.87. The van der Waals surface area contributed by atoms with Crippen LogP contribution in [0.2, 0.25) is 0 Å². The lowest BCUT2D eigenvalue weighted by Gasteiger charge is -2.13. The van der Waals surface area contributed by atoms with E-state index in [9.17, 15) is 13.2 Å². The van der Waals surface area contributed by atoms with E-state index in [2.05, 4.69) is 21.0 Å². The highest BCUT2D eigenvalue weighted by molar-refractivity contribution is 7.89. The Morgan fingerprint density at radius 1 is 1.48 bits per heavy atom. The van der Waals surface area contributed by atoms with Crippen LogP contribution in [0.5, 0.6) is 0 Å². The van der Waals surface area contributed by atoms with Crippen LogP contribution in [0.15, 0.2) is 16.5 Å². The van der Waals surface area contributed by atoms with E-state index in [0.717, 1.165) is 19.3 Å². The Morgan fingerprint density at radius 2 is 2.24 bits per heavy atom. The summed E-state index contributed by atoms with van der Waals surface area (Å²) in [6.45, 7) is 1.75. The minimum Gasteiger partial charge on any atom is -0.476 e. The maximum Gasteiger partial charge on any atom is 0.357 e. The molecule has 0 atom stereocenters. The Bertz CT molecular complexity index is 661. The van der Waals surface area contributed by atoms with Gasteiger partial charge in [0.25, 0.3) is 0 Å². The molecule has 0 aromatic carbocycles. The van der Waals surface area contributed by atoms with Gasteiger partial charge in [-0.1, -0.05) is 11.6 Å². The average molecular weight is 313 g/mol. The smallest absolute Gasteiger partial charge is 0.357 e. The van der Waals surface area contributed by atoms with Crippen LogP contribution in [-0.2, 0) is 10.0 Å². The van der Waals surface area contributed by atoms with Crippen molar-refractivity contribution < 1.29 is 18.3 Å². The predicted molar refractivity (Wildman–Crippen MR) is 76.6 cm³/mol. The summed E-state index contributed by atoms with van der Waals surface area (Å²) in [6.07, 6.45) is 7.19. The number of sulfonamides is 1. The standard InChI is InChI=1S/C13H19N3O4S/c1-9-12(11(13(17)18)16-15-9)21(19,20)14-8-7-10-5-3-2-4-6-10/h5,14H,2-4,6-8H2,1H3,(H,15,16)(H,17,18). The second-order valence-electron chi connectivity index (χ2n) is 5.09. The summed E-state index contributed by atoms with van der Waals surface area (Å²) in [5.41, 5.74) is 1.000. The van der Waals surface area contributed by atoms with Crippen LogP contribution in [0.3, 0.4) is 0 Å². The van der Waals surface area contributed by atoms with E-state index in [1.54, 1.807) is 0 Å². The molecule has 0 bridgehead atoms. The molecular weight excluding hydrogens is 294 g/mol. The number of rotatable bonds is 6. The van der Waals surface area contributed by atoms with Crippen LogP contribution in [0.25, 0.3) is 0 Å². The van der Waals surface area contributed by atoms with E-state index in [-0.39, 0.29) is 17.1 Å². The molecule has 1 heterocycles. The normalized spacial score (nSPS) is 15.8. The van der Waals surface area contributed by atoms with Gasteiger partial charge in [-0.05, 0) is 39.0 Å². The van der Waals surface area contributed by atoms with Crippen LogP contribution in [-0.4, -0.2) is 36.2 Å². The molecule has 0 spiro atoms. The third kappa shape index (κ3) is 3.70. The quantitative estimate of drug-likeness (QED) is 0.690. The van der Waals surface area contributed by atoms with E-state index in [4.69, 9.17) is 5.11 Å². The predicted octanol–water partition coefficient (Wildman–Crippen LogP) is 1.59. The van der Waals surface area contributed by atoms with Crippen molar-refractivity contribution in [2.24, 2.45) is 0 Å². The van der Waals surface area contributed by atoms with E-state index in [1.165, 1.54) is 18.9 Å². The molecule has 7 nitrogen and oxygen atoms in total. The molecular formula is C13H19N3O4S. The number of aromatic nitrogens is 2. The van der Waals surface area contributed by atoms with Crippen molar-refractivity contribution in [3.63, 3.8) is 0 Å². The van der Waals surface area contributed by atoms with E-state index in [0.29, 0.717) is 6.42 Å². The number of hydrogen-bond donors (Lipinski definition) is 3. The lowest BCUT2D eigenvalue weighted by Crippen LogP contribution is -2.27. The maximum absolute atomic E-state index is 12.2. The summed E-state index contributed by atoms with van der Waals surface area (Å²) < 4.78 is 26.9. The molecule has 0 amide bonds. The van der Waals surface area contributed by atoms with Gasteiger partial charge < -0.3 is 5.11 Å². The topological polar surface area (TPSA) is 112 Å². The van der Waals surface area contributed by atoms with E-state index >= 15 is 0 Å². The van der Waals surface area contributed by atoms with Crippen LogP contribution in [0.4, 0.5) is 0 Å². The van der Waals surface area contributed by atoms with Gasteiger partial charge in [-0.15, -0.1) is 0 Å². The van der Waals surface area contributed by atoms with Gasteiger partial charge in [0.15, 0.2) is 5.69 Å². The van der Waals surface area contributed by atoms with Crippen LogP contribution in [0.1, 0.15) is 48.3 Å². The fourth-order valence-corrected chi connectivity index (χ4v) is 3.79. The molecule has 1 aromatic rings. The molecule has 0 aliphatic heterocycles. The Labute approximate surface area is 123 Å². The summed E-state index contributed by atoms with van der Waals surface area (Å²) in [7, 11) is -3.88. The number of aromatic amines is 1.